The number of esters is 2. The smallest absolute Gasteiger partial charge is 0.340 e. The molecule has 2 unspecified atom stereocenters. The Balaban J connectivity index is 0.000000156. The highest BCUT2D eigenvalue weighted by atomic mass is 32.2. The Bertz CT molecular complexity index is 3990. The molecule has 470 valence electrons. The number of hydrogen-bond acceptors (Lipinski definition) is 17. The molecule has 6 aromatic carbocycles. The monoisotopic (exact) mass is 1270 g/mol. The first-order valence-electron chi connectivity index (χ1n) is 29.5. The number of rotatable bonds is 15. The molecule has 2 amide bonds. The van der Waals surface area contributed by atoms with Crippen molar-refractivity contribution < 1.29 is 68.8 Å². The Labute approximate surface area is 522 Å². The molecule has 0 aromatic heterocycles. The van der Waals surface area contributed by atoms with Crippen molar-refractivity contribution >= 4 is 61.4 Å². The van der Waals surface area contributed by atoms with Crippen LogP contribution in [0.5, 0.6) is 28.7 Å². The van der Waals surface area contributed by atoms with Gasteiger partial charge in [-0.3, -0.25) is 18.7 Å². The van der Waals surface area contributed by atoms with Crippen molar-refractivity contribution in [1.82, 2.24) is 21.3 Å². The van der Waals surface area contributed by atoms with Crippen LogP contribution in [0.1, 0.15) is 143 Å². The second-order valence-corrected chi connectivity index (χ2v) is 28.2. The van der Waals surface area contributed by atoms with E-state index in [1.165, 1.54) is 49.7 Å². The van der Waals surface area contributed by atoms with Gasteiger partial charge in [-0.2, -0.15) is 28.6 Å². The number of carbonyl (C=O) groups excluding carboxylic acids is 4. The lowest BCUT2D eigenvalue weighted by Crippen LogP contribution is -2.36. The topological polar surface area (TPSA) is 297 Å². The summed E-state index contributed by atoms with van der Waals surface area (Å²) in [5.74, 6) is 2.76. The van der Waals surface area contributed by atoms with E-state index in [0.29, 0.717) is 65.8 Å². The van der Waals surface area contributed by atoms with Crippen LogP contribution < -0.4 is 41.2 Å². The third-order valence-corrected chi connectivity index (χ3v) is 19.5. The molecule has 6 heterocycles. The molecule has 2 fully saturated rings. The zero-order valence-corrected chi connectivity index (χ0v) is 53.1. The van der Waals surface area contributed by atoms with E-state index in [9.17, 15) is 45.1 Å². The molecule has 0 saturated carbocycles. The fourth-order valence-electron chi connectivity index (χ4n) is 11.9. The van der Waals surface area contributed by atoms with Crippen LogP contribution in [0.25, 0.3) is 0 Å². The number of unbranched alkanes of at least 4 members (excludes halogenated alkanes) is 1. The summed E-state index contributed by atoms with van der Waals surface area (Å²) in [7, 11) is -10.0. The lowest BCUT2D eigenvalue weighted by Gasteiger charge is -2.38. The molecule has 0 bridgehead atoms. The Kier molecular flexibility index (Phi) is 18.0. The number of aryl methyl sites for hydroxylation is 2. The minimum absolute atomic E-state index is 0.0406. The molecule has 0 aliphatic carbocycles. The van der Waals surface area contributed by atoms with Crippen molar-refractivity contribution in [3.05, 3.63) is 177 Å². The van der Waals surface area contributed by atoms with E-state index < -0.39 is 70.3 Å². The number of nitrogens with one attached hydrogen (secondary N) is 4. The van der Waals surface area contributed by atoms with Gasteiger partial charge in [-0.1, -0.05) is 103 Å². The third-order valence-electron chi connectivity index (χ3n) is 16.0. The Morgan fingerprint density at radius 1 is 0.697 bits per heavy atom. The van der Waals surface area contributed by atoms with Crippen molar-refractivity contribution in [2.45, 2.75) is 119 Å². The summed E-state index contributed by atoms with van der Waals surface area (Å²) in [6, 6.07) is 29.8. The number of anilines is 1. The van der Waals surface area contributed by atoms with Gasteiger partial charge in [-0.25, -0.2) is 9.59 Å². The fraction of sp³-hybridized carbons (Fsp3) is 0.364. The number of ether oxygens (including phenoxy) is 5. The first-order valence-corrected chi connectivity index (χ1v) is 33.4. The van der Waals surface area contributed by atoms with Crippen LogP contribution in [0.15, 0.2) is 125 Å². The molecule has 12 rings (SSSR count). The molecule has 89 heavy (non-hydrogen) atoms. The second-order valence-electron chi connectivity index (χ2n) is 24.2. The predicted octanol–water partition coefficient (Wildman–Crippen LogP) is 10.5. The summed E-state index contributed by atoms with van der Waals surface area (Å²) >= 11 is 2.04. The lowest BCUT2D eigenvalue weighted by atomic mass is 9.77. The number of carbonyl (C=O) groups is 4. The normalized spacial score (nSPS) is 20.3. The third kappa shape index (κ3) is 12.5. The van der Waals surface area contributed by atoms with Crippen molar-refractivity contribution in [1.29, 1.82) is 0 Å². The number of nitrogen functional groups attached to an aromatic ring is 1. The van der Waals surface area contributed by atoms with E-state index >= 15 is 0 Å². The Hall–Kier alpha value is -8.09. The van der Waals surface area contributed by atoms with Crippen LogP contribution in [0.2, 0.25) is 0 Å². The van der Waals surface area contributed by atoms with Gasteiger partial charge in [0, 0.05) is 75.5 Å². The Morgan fingerprint density at radius 3 is 1.98 bits per heavy atom. The van der Waals surface area contributed by atoms with Crippen molar-refractivity contribution in [3.8, 4) is 28.7 Å². The number of benzene rings is 6. The molecule has 6 aliphatic heterocycles. The first-order chi connectivity index (χ1) is 42.1. The molecule has 2 saturated heterocycles. The summed E-state index contributed by atoms with van der Waals surface area (Å²) in [6.07, 6.45) is 3.97. The molecule has 23 heteroatoms. The maximum atomic E-state index is 13.3. The molecule has 6 aromatic rings. The summed E-state index contributed by atoms with van der Waals surface area (Å²) in [6.45, 7) is 21.4. The number of fused-ring (bicyclic) bond motifs is 13. The van der Waals surface area contributed by atoms with Crippen LogP contribution in [0.3, 0.4) is 0 Å². The van der Waals surface area contributed by atoms with Crippen molar-refractivity contribution in [2.24, 2.45) is 17.8 Å². The van der Waals surface area contributed by atoms with Gasteiger partial charge in [0.1, 0.15) is 22.1 Å². The average molecular weight is 1270 g/mol. The van der Waals surface area contributed by atoms with E-state index in [2.05, 4.69) is 55.5 Å². The minimum Gasteiger partial charge on any atom is -0.493 e. The molecule has 6 aliphatic rings. The minimum atomic E-state index is -5.06. The zero-order chi connectivity index (χ0) is 64.1. The lowest BCUT2D eigenvalue weighted by molar-refractivity contribution is -0.121. The van der Waals surface area contributed by atoms with E-state index in [-0.39, 0.29) is 51.2 Å². The van der Waals surface area contributed by atoms with Crippen LogP contribution in [0, 0.1) is 31.6 Å². The highest BCUT2D eigenvalue weighted by Gasteiger charge is 2.57. The van der Waals surface area contributed by atoms with Crippen molar-refractivity contribution in [3.63, 3.8) is 0 Å². The number of nitrogens with two attached hydrogens (primary N) is 1. The van der Waals surface area contributed by atoms with Crippen LogP contribution in [-0.2, 0) is 45.7 Å². The summed E-state index contributed by atoms with van der Waals surface area (Å²) in [5, 5.41) is 13.2. The van der Waals surface area contributed by atoms with Gasteiger partial charge in [0.2, 0.25) is 5.91 Å². The van der Waals surface area contributed by atoms with E-state index in [1.54, 1.807) is 0 Å². The van der Waals surface area contributed by atoms with Crippen LogP contribution in [0.4, 0.5) is 5.69 Å². The Morgan fingerprint density at radius 2 is 1.29 bits per heavy atom. The van der Waals surface area contributed by atoms with Crippen molar-refractivity contribution in [2.75, 3.05) is 31.2 Å². The summed E-state index contributed by atoms with van der Waals surface area (Å²) in [5.41, 5.74) is 6.75. The number of thioether (sulfide) groups is 1. The van der Waals surface area contributed by atoms with Crippen LogP contribution in [-0.4, -0.2) is 92.5 Å². The second kappa shape index (κ2) is 25.1. The van der Waals surface area contributed by atoms with Gasteiger partial charge in [0.15, 0.2) is 27.6 Å². The van der Waals surface area contributed by atoms with Gasteiger partial charge in [0.05, 0.1) is 41.3 Å². The first kappa shape index (κ1) is 63.9. The molecule has 0 radical (unpaired) electrons. The largest absolute Gasteiger partial charge is 0.493 e. The molecule has 8 N–H and O–H groups in total. The molecular weight excluding hydrogens is 1200 g/mol. The molecule has 5 atom stereocenters. The highest BCUT2D eigenvalue weighted by molar-refractivity contribution is 8.00. The van der Waals surface area contributed by atoms with Gasteiger partial charge in [-0.15, -0.1) is 0 Å². The quantitative estimate of drug-likeness (QED) is 0.0218. The van der Waals surface area contributed by atoms with Crippen LogP contribution >= 0.6 is 11.8 Å². The van der Waals surface area contributed by atoms with Gasteiger partial charge in [0.25, 0.3) is 26.1 Å². The predicted molar refractivity (Wildman–Crippen MR) is 336 cm³/mol. The molecular formula is C66H73N5O15S3. The SMILES string of the molecule is C=C1N[C@H]2[C@H](CS[C@H]2CCCCC(=O)NCC(C)C)N1.Cc1ccc2c(c1)Oc1cc(OCC(C)C)ccc1C21OC(=O)c2ccccc21.Cc1ccc2c(c1S(=O)(=O)O)Oc1c(ccc(N)c1S(=O)(=O)O)C21OC(=O)c2cc(C(=O)NCC(C)C)ccc21. The van der Waals surface area contributed by atoms with Gasteiger partial charge in [-0.05, 0) is 104 Å². The molecule has 2 spiro atoms. The van der Waals surface area contributed by atoms with E-state index in [4.69, 9.17) is 29.4 Å². The van der Waals surface area contributed by atoms with Gasteiger partial charge < -0.3 is 50.7 Å². The maximum absolute atomic E-state index is 13.3. The number of amides is 2. The zero-order valence-electron chi connectivity index (χ0n) is 50.6. The average Bonchev–Trinajstić information content (AvgIpc) is 1.71. The summed E-state index contributed by atoms with van der Waals surface area (Å²) in [4.78, 5) is 48.9. The fourth-order valence-corrected chi connectivity index (χ4v) is 15.1. The standard InChI is InChI=1S/C26H24N2O10S2.C25H22O4.C15H27N3OS/c1-12(2)11-28-24(29)14-5-7-16-15(10-14)25(30)38-26(16)17-6-4-13(3)22(39(31,32)33)20(17)37-21-18(26)8-9-19(27)23(21)40(34,35)36;1-15(2)14-27-17-9-11-21-23(13-17)28-22-12-16(3)8-10-20(22)25(21)19-7-5-4-6-18(19)24(26)29-25;1-10(2)8-16-14(19)7-5-4-6-13-15-12(9-20-13)17-11(3)18-15/h4-10,12H,11,27H2,1-3H3,(H,28,29)(H,31,32,33)(H,34,35,36);4-13,15H,14H2,1-3H3;10,12-13,15,17-18H,3-9H2,1-2H3,(H,16,19)/t;;12-,13-,15-/m..0/s1. The van der Waals surface area contributed by atoms with E-state index in [1.807, 2.05) is 93.2 Å². The number of hydrogen-bond donors (Lipinski definition) is 7. The maximum Gasteiger partial charge on any atom is 0.340 e. The summed E-state index contributed by atoms with van der Waals surface area (Å²) < 4.78 is 99.8. The van der Waals surface area contributed by atoms with E-state index in [0.717, 1.165) is 65.0 Å². The highest BCUT2D eigenvalue weighted by Crippen LogP contribution is 2.60. The van der Waals surface area contributed by atoms with Gasteiger partial charge >= 0.3 is 11.9 Å². The molecule has 20 nitrogen and oxygen atoms in total.